The average molecular weight is 290 g/mol. The summed E-state index contributed by atoms with van der Waals surface area (Å²) in [6.45, 7) is 0. The van der Waals surface area contributed by atoms with Crippen LogP contribution in [0, 0.1) is 11.3 Å². The molecule has 2 aromatic rings. The highest BCUT2D eigenvalue weighted by molar-refractivity contribution is 9.10. The van der Waals surface area contributed by atoms with E-state index in [1.807, 2.05) is 24.3 Å². The van der Waals surface area contributed by atoms with Crippen molar-refractivity contribution in [2.75, 3.05) is 0 Å². The molecule has 0 radical (unpaired) electrons. The molecule has 0 amide bonds. The van der Waals surface area contributed by atoms with E-state index in [2.05, 4.69) is 22.0 Å². The monoisotopic (exact) mass is 289 g/mol. The first-order valence-electron chi connectivity index (χ1n) is 5.21. The van der Waals surface area contributed by atoms with Gasteiger partial charge in [-0.3, -0.25) is 0 Å². The molecule has 4 heteroatoms. The summed E-state index contributed by atoms with van der Waals surface area (Å²) < 4.78 is 12.0. The molecule has 0 saturated heterocycles. The van der Waals surface area contributed by atoms with Gasteiger partial charge in [-0.1, -0.05) is 0 Å². The fourth-order valence-electron chi connectivity index (χ4n) is 1.98. The van der Waals surface area contributed by atoms with Gasteiger partial charge in [0.15, 0.2) is 10.8 Å². The molecule has 0 bridgehead atoms. The van der Waals surface area contributed by atoms with Gasteiger partial charge in [0.1, 0.15) is 11.5 Å². The number of hydrogen-bond donors (Lipinski definition) is 0. The van der Waals surface area contributed by atoms with E-state index < -0.39 is 0 Å². The van der Waals surface area contributed by atoms with Crippen LogP contribution in [-0.4, -0.2) is 0 Å². The molecule has 3 rings (SSSR count). The van der Waals surface area contributed by atoms with Gasteiger partial charge < -0.3 is 9.15 Å². The lowest BCUT2D eigenvalue weighted by Gasteiger charge is -2.06. The highest BCUT2D eigenvalue weighted by Gasteiger charge is 2.26. The highest BCUT2D eigenvalue weighted by Crippen LogP contribution is 2.37. The third-order valence-electron chi connectivity index (χ3n) is 2.78. The summed E-state index contributed by atoms with van der Waals surface area (Å²) in [7, 11) is 0. The average Bonchev–Trinajstić information content (AvgIpc) is 2.93. The highest BCUT2D eigenvalue weighted by atomic mass is 79.9. The number of hydrogen-bond acceptors (Lipinski definition) is 3. The molecule has 0 N–H and O–H groups in total. The van der Waals surface area contributed by atoms with Gasteiger partial charge in [-0.05, 0) is 51.8 Å². The molecule has 17 heavy (non-hydrogen) atoms. The number of fused-ring (bicyclic) bond motifs is 1. The summed E-state index contributed by atoms with van der Waals surface area (Å²) in [5, 5.41) is 8.84. The minimum Gasteiger partial charge on any atom is -0.482 e. The van der Waals surface area contributed by atoms with Crippen LogP contribution in [0.25, 0.3) is 0 Å². The third kappa shape index (κ3) is 1.83. The number of nitriles is 1. The molecule has 0 fully saturated rings. The Morgan fingerprint density at radius 2 is 2.18 bits per heavy atom. The maximum Gasteiger partial charge on any atom is 0.169 e. The molecule has 3 nitrogen and oxygen atoms in total. The van der Waals surface area contributed by atoms with Crippen LogP contribution < -0.4 is 4.74 Å². The fourth-order valence-corrected chi connectivity index (χ4v) is 2.30. The Labute approximate surface area is 107 Å². The van der Waals surface area contributed by atoms with Crippen LogP contribution in [0.5, 0.6) is 5.75 Å². The first kappa shape index (κ1) is 10.4. The molecular formula is C13H8BrNO2. The molecule has 1 aromatic carbocycles. The largest absolute Gasteiger partial charge is 0.482 e. The number of rotatable bonds is 1. The second-order valence-corrected chi connectivity index (χ2v) is 4.67. The Balaban J connectivity index is 1.90. The minimum atomic E-state index is -0.0924. The van der Waals surface area contributed by atoms with E-state index in [4.69, 9.17) is 14.4 Å². The van der Waals surface area contributed by atoms with Crippen LogP contribution in [0.2, 0.25) is 0 Å². The van der Waals surface area contributed by atoms with Crippen molar-refractivity contribution in [1.29, 1.82) is 5.26 Å². The van der Waals surface area contributed by atoms with Crippen molar-refractivity contribution in [3.8, 4) is 11.8 Å². The Bertz CT molecular complexity index is 612. The van der Waals surface area contributed by atoms with E-state index >= 15 is 0 Å². The smallest absolute Gasteiger partial charge is 0.169 e. The number of ether oxygens (including phenoxy) is 1. The molecule has 0 aliphatic carbocycles. The zero-order chi connectivity index (χ0) is 11.8. The van der Waals surface area contributed by atoms with E-state index in [-0.39, 0.29) is 6.10 Å². The van der Waals surface area contributed by atoms with E-state index in [0.29, 0.717) is 10.2 Å². The number of benzene rings is 1. The lowest BCUT2D eigenvalue weighted by Crippen LogP contribution is -2.00. The van der Waals surface area contributed by atoms with Crippen LogP contribution in [0.1, 0.15) is 23.0 Å². The number of nitrogens with zero attached hydrogens (tertiary/aromatic N) is 1. The third-order valence-corrected chi connectivity index (χ3v) is 3.20. The Kier molecular flexibility index (Phi) is 2.41. The van der Waals surface area contributed by atoms with Crippen molar-refractivity contribution in [3.05, 3.63) is 51.9 Å². The Hall–Kier alpha value is -1.73. The Morgan fingerprint density at radius 3 is 2.88 bits per heavy atom. The summed E-state index contributed by atoms with van der Waals surface area (Å²) in [6.07, 6.45) is 0.649. The first-order valence-corrected chi connectivity index (χ1v) is 6.00. The summed E-state index contributed by atoms with van der Waals surface area (Å²) in [5.74, 6) is 1.63. The summed E-state index contributed by atoms with van der Waals surface area (Å²) >= 11 is 3.27. The quantitative estimate of drug-likeness (QED) is 0.806. The van der Waals surface area contributed by atoms with Gasteiger partial charge >= 0.3 is 0 Å². The maximum atomic E-state index is 8.84. The predicted molar refractivity (Wildman–Crippen MR) is 64.6 cm³/mol. The van der Waals surface area contributed by atoms with Gasteiger partial charge in [0, 0.05) is 6.42 Å². The van der Waals surface area contributed by atoms with Gasteiger partial charge in [0.25, 0.3) is 0 Å². The summed E-state index contributed by atoms with van der Waals surface area (Å²) in [6, 6.07) is 11.3. The molecule has 0 saturated carbocycles. The van der Waals surface area contributed by atoms with Crippen molar-refractivity contribution < 1.29 is 9.15 Å². The fraction of sp³-hybridized carbons (Fsp3) is 0.154. The van der Waals surface area contributed by atoms with E-state index in [1.54, 1.807) is 6.07 Å². The maximum absolute atomic E-state index is 8.84. The normalized spacial score (nSPS) is 17.3. The molecule has 1 aromatic heterocycles. The van der Waals surface area contributed by atoms with Crippen molar-refractivity contribution in [3.63, 3.8) is 0 Å². The Morgan fingerprint density at radius 1 is 1.29 bits per heavy atom. The van der Waals surface area contributed by atoms with Crippen LogP contribution in [0.15, 0.2) is 39.4 Å². The van der Waals surface area contributed by atoms with Crippen LogP contribution >= 0.6 is 15.9 Å². The molecule has 2 heterocycles. The molecule has 84 valence electrons. The lowest BCUT2D eigenvalue weighted by molar-refractivity contribution is 0.203. The molecule has 0 unspecified atom stereocenters. The van der Waals surface area contributed by atoms with Crippen molar-refractivity contribution >= 4 is 15.9 Å². The number of furan rings is 1. The van der Waals surface area contributed by atoms with Crippen LogP contribution in [0.4, 0.5) is 0 Å². The van der Waals surface area contributed by atoms with Crippen molar-refractivity contribution in [2.45, 2.75) is 12.5 Å². The number of halogens is 1. The van der Waals surface area contributed by atoms with Gasteiger partial charge in [-0.15, -0.1) is 0 Å². The van der Waals surface area contributed by atoms with E-state index in [1.165, 1.54) is 0 Å². The molecule has 0 spiro atoms. The van der Waals surface area contributed by atoms with Crippen LogP contribution in [-0.2, 0) is 6.42 Å². The summed E-state index contributed by atoms with van der Waals surface area (Å²) in [4.78, 5) is 0. The van der Waals surface area contributed by atoms with Crippen molar-refractivity contribution in [2.24, 2.45) is 0 Å². The van der Waals surface area contributed by atoms with E-state index in [0.717, 1.165) is 23.5 Å². The first-order chi connectivity index (χ1) is 8.26. The molecule has 1 aliphatic rings. The predicted octanol–water partition coefficient (Wildman–Crippen LogP) is 3.59. The van der Waals surface area contributed by atoms with Gasteiger partial charge in [0.05, 0.1) is 11.6 Å². The zero-order valence-corrected chi connectivity index (χ0v) is 10.4. The second kappa shape index (κ2) is 3.94. The standard InChI is InChI=1S/C13H8BrNO2/c14-13-4-3-11(17-13)12-6-9-5-8(7-15)1-2-10(9)16-12/h1-5,12H,6H2/t12-/m1/s1. The SMILES string of the molecule is N#Cc1ccc2c(c1)C[C@H](c1ccc(Br)o1)O2. The summed E-state index contributed by atoms with van der Waals surface area (Å²) in [5.41, 5.74) is 1.72. The van der Waals surface area contributed by atoms with Gasteiger partial charge in [-0.2, -0.15) is 5.26 Å². The lowest BCUT2D eigenvalue weighted by atomic mass is 10.1. The molecule has 1 aliphatic heterocycles. The second-order valence-electron chi connectivity index (χ2n) is 3.89. The minimum absolute atomic E-state index is 0.0924. The topological polar surface area (TPSA) is 46.2 Å². The van der Waals surface area contributed by atoms with Gasteiger partial charge in [-0.25, -0.2) is 0 Å². The van der Waals surface area contributed by atoms with E-state index in [9.17, 15) is 0 Å². The molecule has 1 atom stereocenters. The molecular weight excluding hydrogens is 282 g/mol. The zero-order valence-electron chi connectivity index (χ0n) is 8.81. The van der Waals surface area contributed by atoms with Crippen molar-refractivity contribution in [1.82, 2.24) is 0 Å². The van der Waals surface area contributed by atoms with Crippen LogP contribution in [0.3, 0.4) is 0 Å². The van der Waals surface area contributed by atoms with Gasteiger partial charge in [0.2, 0.25) is 0 Å².